The fourth-order valence-corrected chi connectivity index (χ4v) is 2.66. The summed E-state index contributed by atoms with van der Waals surface area (Å²) in [5.41, 5.74) is 0. The molecule has 0 radical (unpaired) electrons. The first kappa shape index (κ1) is 16.8. The minimum absolute atomic E-state index is 0.0291. The summed E-state index contributed by atoms with van der Waals surface area (Å²) in [6.45, 7) is 4.79. The molecule has 2 N–H and O–H groups in total. The van der Waals surface area contributed by atoms with Crippen molar-refractivity contribution >= 4 is 12.0 Å². The first-order valence-electron chi connectivity index (χ1n) is 7.37. The number of carbonyl (C=O) groups excluding carboxylic acids is 1. The monoisotopic (exact) mass is 286 g/mol. The number of aliphatic hydroxyl groups excluding tert-OH is 1. The predicted molar refractivity (Wildman–Crippen MR) is 75.5 cm³/mol. The lowest BCUT2D eigenvalue weighted by molar-refractivity contribution is -0.137. The van der Waals surface area contributed by atoms with Crippen LogP contribution in [0.2, 0.25) is 0 Å². The highest BCUT2D eigenvalue weighted by molar-refractivity contribution is 5.76. The highest BCUT2D eigenvalue weighted by Crippen LogP contribution is 2.21. The molecule has 2 amide bonds. The number of carboxylic acids is 1. The van der Waals surface area contributed by atoms with Crippen molar-refractivity contribution in [2.75, 3.05) is 19.7 Å². The van der Waals surface area contributed by atoms with Crippen molar-refractivity contribution in [3.05, 3.63) is 0 Å². The molecule has 1 saturated heterocycles. The van der Waals surface area contributed by atoms with Crippen molar-refractivity contribution < 1.29 is 19.8 Å². The number of amides is 2. The number of rotatable bonds is 6. The molecule has 0 aromatic heterocycles. The Morgan fingerprint density at radius 2 is 2.05 bits per heavy atom. The van der Waals surface area contributed by atoms with E-state index in [1.54, 1.807) is 4.90 Å². The Balaban J connectivity index is 2.72. The molecule has 0 aliphatic carbocycles. The van der Waals surface area contributed by atoms with E-state index < -0.39 is 5.97 Å². The van der Waals surface area contributed by atoms with Gasteiger partial charge in [-0.2, -0.15) is 0 Å². The van der Waals surface area contributed by atoms with E-state index in [-0.39, 0.29) is 37.7 Å². The quantitative estimate of drug-likeness (QED) is 0.776. The van der Waals surface area contributed by atoms with Gasteiger partial charge in [0, 0.05) is 31.8 Å². The van der Waals surface area contributed by atoms with Gasteiger partial charge in [-0.1, -0.05) is 0 Å². The highest BCUT2D eigenvalue weighted by Gasteiger charge is 2.30. The van der Waals surface area contributed by atoms with Gasteiger partial charge < -0.3 is 20.0 Å². The van der Waals surface area contributed by atoms with E-state index in [1.165, 1.54) is 0 Å². The number of aliphatic carboxylic acids is 1. The van der Waals surface area contributed by atoms with E-state index in [0.29, 0.717) is 13.0 Å². The maximum Gasteiger partial charge on any atom is 0.320 e. The smallest absolute Gasteiger partial charge is 0.320 e. The molecule has 0 aromatic carbocycles. The second-order valence-electron chi connectivity index (χ2n) is 5.57. The maximum absolute atomic E-state index is 12.6. The minimum Gasteiger partial charge on any atom is -0.481 e. The molecule has 1 aliphatic rings. The van der Waals surface area contributed by atoms with Crippen LogP contribution in [0.4, 0.5) is 4.79 Å². The van der Waals surface area contributed by atoms with Crippen molar-refractivity contribution in [2.24, 2.45) is 0 Å². The molecular weight excluding hydrogens is 260 g/mol. The lowest BCUT2D eigenvalue weighted by atomic mass is 10.00. The van der Waals surface area contributed by atoms with Crippen LogP contribution in [0.3, 0.4) is 0 Å². The Labute approximate surface area is 120 Å². The number of aliphatic hydroxyl groups is 1. The van der Waals surface area contributed by atoms with Gasteiger partial charge in [0.05, 0.1) is 6.42 Å². The summed E-state index contributed by atoms with van der Waals surface area (Å²) in [5.74, 6) is -0.894. The zero-order chi connectivity index (χ0) is 15.1. The molecule has 1 rings (SSSR count). The van der Waals surface area contributed by atoms with Crippen LogP contribution in [-0.4, -0.2) is 63.8 Å². The van der Waals surface area contributed by atoms with Gasteiger partial charge in [-0.15, -0.1) is 0 Å². The van der Waals surface area contributed by atoms with E-state index in [1.807, 2.05) is 18.7 Å². The summed E-state index contributed by atoms with van der Waals surface area (Å²) in [6, 6.07) is -0.0507. The van der Waals surface area contributed by atoms with E-state index in [9.17, 15) is 9.59 Å². The number of likely N-dealkylation sites (tertiary alicyclic amines) is 1. The van der Waals surface area contributed by atoms with E-state index >= 15 is 0 Å². The lowest BCUT2D eigenvalue weighted by Crippen LogP contribution is -2.52. The summed E-state index contributed by atoms with van der Waals surface area (Å²) in [7, 11) is 0. The standard InChI is InChI=1S/C14H26N2O4/c1-11(2)15(9-6-13(18)19)14(20)16-8-4-3-5-12(16)7-10-17/h11-12,17H,3-10H2,1-2H3,(H,18,19). The average molecular weight is 286 g/mol. The number of carboxylic acid groups (broad SMARTS) is 1. The second kappa shape index (κ2) is 8.09. The van der Waals surface area contributed by atoms with E-state index in [0.717, 1.165) is 19.3 Å². The third kappa shape index (κ3) is 4.67. The zero-order valence-corrected chi connectivity index (χ0v) is 12.4. The molecule has 116 valence electrons. The highest BCUT2D eigenvalue weighted by atomic mass is 16.4. The Kier molecular flexibility index (Phi) is 6.78. The number of carbonyl (C=O) groups is 2. The number of nitrogens with zero attached hydrogens (tertiary/aromatic N) is 2. The summed E-state index contributed by atoms with van der Waals surface area (Å²) in [5, 5.41) is 17.9. The molecule has 1 atom stereocenters. The topological polar surface area (TPSA) is 81.1 Å². The Morgan fingerprint density at radius 3 is 2.60 bits per heavy atom. The molecule has 0 aromatic rings. The van der Waals surface area contributed by atoms with Crippen molar-refractivity contribution in [2.45, 2.75) is 58.0 Å². The normalized spacial score (nSPS) is 19.2. The van der Waals surface area contributed by atoms with Gasteiger partial charge in [0.2, 0.25) is 0 Å². The van der Waals surface area contributed by atoms with Crippen LogP contribution < -0.4 is 0 Å². The summed E-state index contributed by atoms with van der Waals surface area (Å²) in [4.78, 5) is 26.7. The van der Waals surface area contributed by atoms with Gasteiger partial charge in [-0.25, -0.2) is 4.79 Å². The molecule has 0 spiro atoms. The van der Waals surface area contributed by atoms with Gasteiger partial charge in [-0.3, -0.25) is 4.79 Å². The molecule has 0 saturated carbocycles. The fourth-order valence-electron chi connectivity index (χ4n) is 2.66. The Morgan fingerprint density at radius 1 is 1.35 bits per heavy atom. The molecule has 1 unspecified atom stereocenters. The SMILES string of the molecule is CC(C)N(CCC(=O)O)C(=O)N1CCCCC1CCO. The largest absolute Gasteiger partial charge is 0.481 e. The Hall–Kier alpha value is -1.30. The lowest BCUT2D eigenvalue weighted by Gasteiger charge is -2.40. The minimum atomic E-state index is -0.894. The van der Waals surface area contributed by atoms with Gasteiger partial charge in [0.25, 0.3) is 0 Å². The van der Waals surface area contributed by atoms with Gasteiger partial charge >= 0.3 is 12.0 Å². The van der Waals surface area contributed by atoms with Gasteiger partial charge in [0.1, 0.15) is 0 Å². The molecule has 1 fully saturated rings. The summed E-state index contributed by atoms with van der Waals surface area (Å²) in [6.07, 6.45) is 3.51. The van der Waals surface area contributed by atoms with Gasteiger partial charge in [-0.05, 0) is 39.5 Å². The maximum atomic E-state index is 12.6. The predicted octanol–water partition coefficient (Wildman–Crippen LogP) is 1.53. The molecule has 0 bridgehead atoms. The third-order valence-corrected chi connectivity index (χ3v) is 3.77. The molecule has 20 heavy (non-hydrogen) atoms. The van der Waals surface area contributed by atoms with E-state index in [2.05, 4.69) is 0 Å². The second-order valence-corrected chi connectivity index (χ2v) is 5.57. The van der Waals surface area contributed by atoms with Crippen LogP contribution in [0, 0.1) is 0 Å². The van der Waals surface area contributed by atoms with Crippen LogP contribution in [0.1, 0.15) is 46.0 Å². The van der Waals surface area contributed by atoms with Crippen molar-refractivity contribution in [1.29, 1.82) is 0 Å². The van der Waals surface area contributed by atoms with Crippen LogP contribution >= 0.6 is 0 Å². The number of hydrogen-bond acceptors (Lipinski definition) is 3. The number of urea groups is 1. The third-order valence-electron chi connectivity index (χ3n) is 3.77. The van der Waals surface area contributed by atoms with Crippen molar-refractivity contribution in [3.63, 3.8) is 0 Å². The molecule has 6 nitrogen and oxygen atoms in total. The average Bonchev–Trinajstić information content (AvgIpc) is 2.39. The van der Waals surface area contributed by atoms with Crippen molar-refractivity contribution in [1.82, 2.24) is 9.80 Å². The number of hydrogen-bond donors (Lipinski definition) is 2. The van der Waals surface area contributed by atoms with Crippen LogP contribution in [-0.2, 0) is 4.79 Å². The molecule has 1 heterocycles. The van der Waals surface area contributed by atoms with Crippen LogP contribution in [0.25, 0.3) is 0 Å². The first-order chi connectivity index (χ1) is 9.47. The van der Waals surface area contributed by atoms with Gasteiger partial charge in [0.15, 0.2) is 0 Å². The van der Waals surface area contributed by atoms with Crippen LogP contribution in [0.5, 0.6) is 0 Å². The summed E-state index contributed by atoms with van der Waals surface area (Å²) >= 11 is 0. The molecule has 1 aliphatic heterocycles. The zero-order valence-electron chi connectivity index (χ0n) is 12.4. The summed E-state index contributed by atoms with van der Waals surface area (Å²) < 4.78 is 0. The fraction of sp³-hybridized carbons (Fsp3) is 0.857. The number of piperidine rings is 1. The first-order valence-corrected chi connectivity index (χ1v) is 7.37. The van der Waals surface area contributed by atoms with Crippen LogP contribution in [0.15, 0.2) is 0 Å². The molecule has 6 heteroatoms. The van der Waals surface area contributed by atoms with E-state index in [4.69, 9.17) is 10.2 Å². The Bertz CT molecular complexity index is 331. The molecular formula is C14H26N2O4. The van der Waals surface area contributed by atoms with Crippen molar-refractivity contribution in [3.8, 4) is 0 Å².